The second-order valence-corrected chi connectivity index (χ2v) is 7.21. The molecule has 4 heteroatoms. The van der Waals surface area contributed by atoms with E-state index in [1.165, 1.54) is 5.56 Å². The molecule has 0 radical (unpaired) electrons. The van der Waals surface area contributed by atoms with Gasteiger partial charge in [-0.25, -0.2) is 0 Å². The smallest absolute Gasteiger partial charge is 0.258 e. The van der Waals surface area contributed by atoms with Crippen LogP contribution in [0.5, 0.6) is 0 Å². The highest BCUT2D eigenvalue weighted by atomic mass is 16.2. The third kappa shape index (κ3) is 4.14. The number of rotatable bonds is 4. The van der Waals surface area contributed by atoms with Crippen molar-refractivity contribution in [3.05, 3.63) is 95.6 Å². The fourth-order valence-corrected chi connectivity index (χ4v) is 3.82. The molecule has 0 spiro atoms. The number of nitrogens with zero attached hydrogens (tertiary/aromatic N) is 3. The van der Waals surface area contributed by atoms with Gasteiger partial charge in [0.25, 0.3) is 5.91 Å². The Morgan fingerprint density at radius 3 is 2.28 bits per heavy atom. The maximum atomic E-state index is 13.2. The average Bonchev–Trinajstić information content (AvgIpc) is 2.97. The molecule has 0 aromatic heterocycles. The van der Waals surface area contributed by atoms with Gasteiger partial charge in [0.05, 0.1) is 23.0 Å². The van der Waals surface area contributed by atoms with Gasteiger partial charge in [-0.1, -0.05) is 42.5 Å². The van der Waals surface area contributed by atoms with E-state index < -0.39 is 0 Å². The molecule has 0 aliphatic carbocycles. The third-order valence-corrected chi connectivity index (χ3v) is 5.34. The number of hydrogen-bond acceptors (Lipinski definition) is 3. The van der Waals surface area contributed by atoms with E-state index in [1.807, 2.05) is 29.2 Å². The van der Waals surface area contributed by atoms with Gasteiger partial charge >= 0.3 is 0 Å². The Hall–Kier alpha value is -3.58. The van der Waals surface area contributed by atoms with Crippen molar-refractivity contribution >= 4 is 17.3 Å². The first-order chi connectivity index (χ1) is 14.3. The maximum Gasteiger partial charge on any atom is 0.258 e. The number of anilines is 2. The molecule has 0 N–H and O–H groups in total. The zero-order valence-electron chi connectivity index (χ0n) is 16.3. The van der Waals surface area contributed by atoms with E-state index >= 15 is 0 Å². The van der Waals surface area contributed by atoms with E-state index in [1.54, 1.807) is 24.3 Å². The molecule has 0 saturated carbocycles. The molecule has 0 atom stereocenters. The van der Waals surface area contributed by atoms with Crippen LogP contribution in [-0.2, 0) is 6.42 Å². The summed E-state index contributed by atoms with van der Waals surface area (Å²) in [5.41, 5.74) is 4.54. The summed E-state index contributed by atoms with van der Waals surface area (Å²) < 4.78 is 0. The monoisotopic (exact) mass is 381 g/mol. The van der Waals surface area contributed by atoms with E-state index in [9.17, 15) is 4.79 Å². The molecular formula is C25H23N3O. The van der Waals surface area contributed by atoms with Crippen LogP contribution in [0.2, 0.25) is 0 Å². The Kier molecular flexibility index (Phi) is 5.58. The fourth-order valence-electron chi connectivity index (χ4n) is 3.82. The molecule has 0 bridgehead atoms. The van der Waals surface area contributed by atoms with Crippen molar-refractivity contribution in [1.82, 2.24) is 0 Å². The summed E-state index contributed by atoms with van der Waals surface area (Å²) in [5, 5.41) is 8.99. The van der Waals surface area contributed by atoms with Crippen molar-refractivity contribution < 1.29 is 4.79 Å². The van der Waals surface area contributed by atoms with Crippen LogP contribution in [0.15, 0.2) is 78.9 Å². The molecule has 29 heavy (non-hydrogen) atoms. The number of benzene rings is 3. The first-order valence-electron chi connectivity index (χ1n) is 9.96. The van der Waals surface area contributed by atoms with Crippen molar-refractivity contribution in [2.24, 2.45) is 0 Å². The molecule has 1 aliphatic heterocycles. The number of nitriles is 1. The molecule has 0 fully saturated rings. The lowest BCUT2D eigenvalue weighted by molar-refractivity contribution is 0.0987. The zero-order valence-corrected chi connectivity index (χ0v) is 16.3. The standard InChI is InChI=1S/C25H23N3O/c26-19-21-11-13-22(14-12-21)25(29)28-17-6-16-27(23-9-4-5-10-24(23)28)18-15-20-7-2-1-3-8-20/h1-5,7-14H,6,15-18H2. The molecule has 1 amide bonds. The molecule has 3 aromatic rings. The van der Waals surface area contributed by atoms with E-state index in [4.69, 9.17) is 5.26 Å². The quantitative estimate of drug-likeness (QED) is 0.660. The average molecular weight is 381 g/mol. The summed E-state index contributed by atoms with van der Waals surface area (Å²) in [6.45, 7) is 2.51. The summed E-state index contributed by atoms with van der Waals surface area (Å²) in [5.74, 6) is -0.0214. The number of hydrogen-bond donors (Lipinski definition) is 0. The SMILES string of the molecule is N#Cc1ccc(C(=O)N2CCCN(CCc3ccccc3)c3ccccc32)cc1. The van der Waals surface area contributed by atoms with Gasteiger partial charge in [-0.05, 0) is 54.8 Å². The fraction of sp³-hybridized carbons (Fsp3) is 0.200. The Balaban J connectivity index is 1.59. The molecule has 0 unspecified atom stereocenters. The number of carbonyl (C=O) groups is 1. The molecule has 4 nitrogen and oxygen atoms in total. The summed E-state index contributed by atoms with van der Waals surface area (Å²) in [6, 6.07) is 27.6. The minimum atomic E-state index is -0.0214. The second-order valence-electron chi connectivity index (χ2n) is 7.21. The predicted molar refractivity (Wildman–Crippen MR) is 116 cm³/mol. The highest BCUT2D eigenvalue weighted by Gasteiger charge is 2.25. The van der Waals surface area contributed by atoms with Crippen LogP contribution in [0.1, 0.15) is 27.9 Å². The molecule has 3 aromatic carbocycles. The lowest BCUT2D eigenvalue weighted by atomic mass is 10.1. The summed E-state index contributed by atoms with van der Waals surface area (Å²) in [4.78, 5) is 17.5. The van der Waals surface area contributed by atoms with Crippen LogP contribution in [0.4, 0.5) is 11.4 Å². The van der Waals surface area contributed by atoms with Gasteiger partial charge in [0.2, 0.25) is 0 Å². The minimum Gasteiger partial charge on any atom is -0.369 e. The Morgan fingerprint density at radius 1 is 0.862 bits per heavy atom. The molecule has 4 rings (SSSR count). The van der Waals surface area contributed by atoms with Gasteiger partial charge in [-0.15, -0.1) is 0 Å². The molecule has 144 valence electrons. The molecule has 1 aliphatic rings. The third-order valence-electron chi connectivity index (χ3n) is 5.34. The zero-order chi connectivity index (χ0) is 20.1. The van der Waals surface area contributed by atoms with Crippen LogP contribution in [0.25, 0.3) is 0 Å². The van der Waals surface area contributed by atoms with Gasteiger partial charge in [-0.3, -0.25) is 4.79 Å². The molecule has 0 saturated heterocycles. The minimum absolute atomic E-state index is 0.0214. The van der Waals surface area contributed by atoms with Crippen LogP contribution in [-0.4, -0.2) is 25.5 Å². The van der Waals surface area contributed by atoms with Crippen molar-refractivity contribution in [2.75, 3.05) is 29.4 Å². The van der Waals surface area contributed by atoms with Gasteiger partial charge in [0.15, 0.2) is 0 Å². The first-order valence-corrected chi connectivity index (χ1v) is 9.96. The van der Waals surface area contributed by atoms with Gasteiger partial charge in [0.1, 0.15) is 0 Å². The van der Waals surface area contributed by atoms with Gasteiger partial charge in [-0.2, -0.15) is 5.26 Å². The van der Waals surface area contributed by atoms with Crippen molar-refractivity contribution in [1.29, 1.82) is 5.26 Å². The first kappa shape index (κ1) is 18.8. The summed E-state index contributed by atoms with van der Waals surface area (Å²) in [6.07, 6.45) is 1.88. The highest BCUT2D eigenvalue weighted by Crippen LogP contribution is 2.33. The van der Waals surface area contributed by atoms with E-state index in [-0.39, 0.29) is 5.91 Å². The number of para-hydroxylation sites is 2. The van der Waals surface area contributed by atoms with Crippen molar-refractivity contribution in [2.45, 2.75) is 12.8 Å². The van der Waals surface area contributed by atoms with Gasteiger partial charge < -0.3 is 9.80 Å². The Labute approximate surface area is 171 Å². The largest absolute Gasteiger partial charge is 0.369 e. The van der Waals surface area contributed by atoms with E-state index in [0.717, 1.165) is 37.3 Å². The number of fused-ring (bicyclic) bond motifs is 1. The van der Waals surface area contributed by atoms with E-state index in [2.05, 4.69) is 41.3 Å². The van der Waals surface area contributed by atoms with Crippen molar-refractivity contribution in [3.63, 3.8) is 0 Å². The number of carbonyl (C=O) groups excluding carboxylic acids is 1. The van der Waals surface area contributed by atoms with Crippen LogP contribution in [0.3, 0.4) is 0 Å². The summed E-state index contributed by atoms with van der Waals surface area (Å²) >= 11 is 0. The topological polar surface area (TPSA) is 47.3 Å². The van der Waals surface area contributed by atoms with E-state index in [0.29, 0.717) is 17.7 Å². The maximum absolute atomic E-state index is 13.2. The van der Waals surface area contributed by atoms with Crippen LogP contribution in [0, 0.1) is 11.3 Å². The lowest BCUT2D eigenvalue weighted by Gasteiger charge is -2.27. The van der Waals surface area contributed by atoms with Crippen molar-refractivity contribution in [3.8, 4) is 6.07 Å². The van der Waals surface area contributed by atoms with Crippen LogP contribution < -0.4 is 9.80 Å². The molecular weight excluding hydrogens is 358 g/mol. The lowest BCUT2D eigenvalue weighted by Crippen LogP contribution is -2.31. The predicted octanol–water partition coefficient (Wildman–Crippen LogP) is 4.66. The Morgan fingerprint density at radius 2 is 1.55 bits per heavy atom. The molecule has 1 heterocycles. The van der Waals surface area contributed by atoms with Crippen LogP contribution >= 0.6 is 0 Å². The number of amides is 1. The highest BCUT2D eigenvalue weighted by molar-refractivity contribution is 6.08. The summed E-state index contributed by atoms with van der Waals surface area (Å²) in [7, 11) is 0. The normalized spacial score (nSPS) is 13.3. The Bertz CT molecular complexity index is 1020. The second kappa shape index (κ2) is 8.62. The van der Waals surface area contributed by atoms with Gasteiger partial charge in [0, 0.05) is 25.2 Å².